The van der Waals surface area contributed by atoms with Gasteiger partial charge in [0.15, 0.2) is 6.10 Å². The summed E-state index contributed by atoms with van der Waals surface area (Å²) in [5, 5.41) is 4.04. The summed E-state index contributed by atoms with van der Waals surface area (Å²) in [6.45, 7) is 3.73. The zero-order chi connectivity index (χ0) is 20.3. The van der Waals surface area contributed by atoms with Crippen LogP contribution in [-0.2, 0) is 16.2 Å². The zero-order valence-electron chi connectivity index (χ0n) is 15.7. The van der Waals surface area contributed by atoms with Crippen molar-refractivity contribution in [2.75, 3.05) is 6.54 Å². The molecule has 0 saturated carbocycles. The van der Waals surface area contributed by atoms with Crippen LogP contribution in [0.5, 0.6) is 0 Å². The lowest BCUT2D eigenvalue weighted by Gasteiger charge is -2.26. The molecule has 0 fully saturated rings. The lowest BCUT2D eigenvalue weighted by Crippen LogP contribution is -2.39. The molecule has 4 nitrogen and oxygen atoms in total. The first-order chi connectivity index (χ1) is 13.3. The van der Waals surface area contributed by atoms with Gasteiger partial charge in [-0.3, -0.25) is 4.79 Å². The number of carbonyl (C=O) groups excluding carboxylic acids is 1. The minimum Gasteiger partial charge on any atom is -0.390 e. The van der Waals surface area contributed by atoms with Crippen molar-refractivity contribution < 1.29 is 22.8 Å². The Balaban J connectivity index is 1.70. The van der Waals surface area contributed by atoms with E-state index in [0.29, 0.717) is 12.1 Å². The van der Waals surface area contributed by atoms with Gasteiger partial charge in [0.25, 0.3) is 0 Å². The average Bonchev–Trinajstić information content (AvgIpc) is 3.11. The molecule has 3 rings (SSSR count). The van der Waals surface area contributed by atoms with Crippen LogP contribution in [0.15, 0.2) is 47.6 Å². The Kier molecular flexibility index (Phi) is 6.02. The monoisotopic (exact) mass is 390 g/mol. The van der Waals surface area contributed by atoms with E-state index in [0.717, 1.165) is 17.7 Å². The largest absolute Gasteiger partial charge is 0.390 e. The second-order valence-electron chi connectivity index (χ2n) is 7.09. The van der Waals surface area contributed by atoms with Gasteiger partial charge in [-0.1, -0.05) is 37.2 Å². The molecule has 1 aliphatic heterocycles. The maximum Gasteiger partial charge on any atom is 0.225 e. The Labute approximate surface area is 161 Å². The second-order valence-corrected chi connectivity index (χ2v) is 7.09. The molecule has 1 aliphatic rings. The van der Waals surface area contributed by atoms with Crippen LogP contribution in [0.4, 0.5) is 13.2 Å². The highest BCUT2D eigenvalue weighted by Gasteiger charge is 2.28. The number of hydrogen-bond acceptors (Lipinski definition) is 3. The topological polar surface area (TPSA) is 41.9 Å². The molecule has 2 aromatic carbocycles. The van der Waals surface area contributed by atoms with Gasteiger partial charge in [-0.2, -0.15) is 0 Å². The molecule has 1 atom stereocenters. The van der Waals surface area contributed by atoms with Crippen LogP contribution in [0.2, 0.25) is 0 Å². The van der Waals surface area contributed by atoms with Gasteiger partial charge in [0.1, 0.15) is 17.5 Å². The van der Waals surface area contributed by atoms with Crippen LogP contribution < -0.4 is 0 Å². The van der Waals surface area contributed by atoms with Crippen molar-refractivity contribution in [2.24, 2.45) is 11.1 Å². The Morgan fingerprint density at radius 2 is 1.82 bits per heavy atom. The van der Waals surface area contributed by atoms with Gasteiger partial charge in [0.05, 0.1) is 12.3 Å². The summed E-state index contributed by atoms with van der Waals surface area (Å²) in [6.07, 6.45) is 0.0469. The SMILES string of the molecule is CC(C)C(=O)N(Cc1ccc(F)cc1F)C[C@H]1CC(c2ccc(F)cc2)=NO1. The van der Waals surface area contributed by atoms with Gasteiger partial charge in [-0.25, -0.2) is 13.2 Å². The van der Waals surface area contributed by atoms with Crippen molar-refractivity contribution in [1.82, 2.24) is 4.90 Å². The fraction of sp³-hybridized carbons (Fsp3) is 0.333. The molecule has 0 aliphatic carbocycles. The van der Waals surface area contributed by atoms with Gasteiger partial charge < -0.3 is 9.74 Å². The number of amides is 1. The first kappa shape index (κ1) is 19.9. The van der Waals surface area contributed by atoms with Crippen LogP contribution in [0.1, 0.15) is 31.4 Å². The van der Waals surface area contributed by atoms with E-state index in [-0.39, 0.29) is 36.3 Å². The van der Waals surface area contributed by atoms with Crippen LogP contribution in [0.3, 0.4) is 0 Å². The van der Waals surface area contributed by atoms with Crippen molar-refractivity contribution in [2.45, 2.75) is 32.9 Å². The molecule has 0 aromatic heterocycles. The predicted molar refractivity (Wildman–Crippen MR) is 99.0 cm³/mol. The maximum absolute atomic E-state index is 14.0. The maximum atomic E-state index is 14.0. The minimum absolute atomic E-state index is 0.00880. The number of halogens is 3. The zero-order valence-corrected chi connectivity index (χ0v) is 15.7. The summed E-state index contributed by atoms with van der Waals surface area (Å²) in [7, 11) is 0. The number of benzene rings is 2. The summed E-state index contributed by atoms with van der Waals surface area (Å²) < 4.78 is 40.3. The molecular formula is C21H21F3N2O2. The predicted octanol–water partition coefficient (Wildman–Crippen LogP) is 4.28. The third-order valence-electron chi connectivity index (χ3n) is 4.52. The summed E-state index contributed by atoms with van der Waals surface area (Å²) in [5.41, 5.74) is 1.64. The smallest absolute Gasteiger partial charge is 0.225 e. The molecule has 2 aromatic rings. The van der Waals surface area contributed by atoms with Gasteiger partial charge >= 0.3 is 0 Å². The van der Waals surface area contributed by atoms with E-state index in [2.05, 4.69) is 5.16 Å². The lowest BCUT2D eigenvalue weighted by atomic mass is 10.0. The van der Waals surface area contributed by atoms with E-state index in [9.17, 15) is 18.0 Å². The molecule has 0 radical (unpaired) electrons. The summed E-state index contributed by atoms with van der Waals surface area (Å²) in [4.78, 5) is 19.5. The highest BCUT2D eigenvalue weighted by atomic mass is 19.1. The van der Waals surface area contributed by atoms with E-state index in [1.807, 2.05) is 0 Å². The fourth-order valence-electron chi connectivity index (χ4n) is 3.04. The molecule has 28 heavy (non-hydrogen) atoms. The van der Waals surface area contributed by atoms with E-state index < -0.39 is 17.7 Å². The first-order valence-electron chi connectivity index (χ1n) is 9.05. The van der Waals surface area contributed by atoms with Gasteiger partial charge in [-0.15, -0.1) is 0 Å². The number of rotatable bonds is 6. The standard InChI is InChI=1S/C21H21F3N2O2/c1-13(2)21(27)26(11-15-5-8-17(23)9-19(15)24)12-18-10-20(25-28-18)14-3-6-16(22)7-4-14/h3-9,13,18H,10-12H2,1-2H3/t18-/m1/s1. The lowest BCUT2D eigenvalue weighted by molar-refractivity contribution is -0.137. The molecular weight excluding hydrogens is 369 g/mol. The van der Waals surface area contributed by atoms with Gasteiger partial charge in [0.2, 0.25) is 5.91 Å². The molecule has 7 heteroatoms. The Morgan fingerprint density at radius 3 is 2.46 bits per heavy atom. The third-order valence-corrected chi connectivity index (χ3v) is 4.52. The Morgan fingerprint density at radius 1 is 1.14 bits per heavy atom. The molecule has 0 spiro atoms. The molecule has 148 valence electrons. The van der Waals surface area contributed by atoms with E-state index in [4.69, 9.17) is 4.84 Å². The number of hydrogen-bond donors (Lipinski definition) is 0. The summed E-state index contributed by atoms with van der Waals surface area (Å²) in [5.74, 6) is -2.16. The highest BCUT2D eigenvalue weighted by Crippen LogP contribution is 2.21. The number of oxime groups is 1. The third kappa shape index (κ3) is 4.71. The quantitative estimate of drug-likeness (QED) is 0.739. The van der Waals surface area contributed by atoms with E-state index >= 15 is 0 Å². The molecule has 0 unspecified atom stereocenters. The Hall–Kier alpha value is -2.83. The van der Waals surface area contributed by atoms with Crippen LogP contribution in [0.25, 0.3) is 0 Å². The molecule has 0 bridgehead atoms. The molecule has 1 amide bonds. The number of carbonyl (C=O) groups is 1. The van der Waals surface area contributed by atoms with Crippen molar-refractivity contribution in [3.63, 3.8) is 0 Å². The van der Waals surface area contributed by atoms with E-state index in [1.165, 1.54) is 23.1 Å². The van der Waals surface area contributed by atoms with Gasteiger partial charge in [0, 0.05) is 30.5 Å². The van der Waals surface area contributed by atoms with Crippen LogP contribution in [0, 0.1) is 23.4 Å². The highest BCUT2D eigenvalue weighted by molar-refractivity contribution is 6.01. The van der Waals surface area contributed by atoms with Crippen molar-refractivity contribution in [3.05, 3.63) is 71.0 Å². The Bertz CT molecular complexity index is 882. The van der Waals surface area contributed by atoms with Crippen LogP contribution in [-0.4, -0.2) is 29.2 Å². The van der Waals surface area contributed by atoms with Gasteiger partial charge in [-0.05, 0) is 23.8 Å². The molecule has 0 saturated heterocycles. The summed E-state index contributed by atoms with van der Waals surface area (Å²) in [6, 6.07) is 9.22. The average molecular weight is 390 g/mol. The summed E-state index contributed by atoms with van der Waals surface area (Å²) >= 11 is 0. The molecule has 1 heterocycles. The number of nitrogens with zero attached hydrogens (tertiary/aromatic N) is 2. The second kappa shape index (κ2) is 8.46. The van der Waals surface area contributed by atoms with Crippen molar-refractivity contribution in [3.8, 4) is 0 Å². The van der Waals surface area contributed by atoms with E-state index in [1.54, 1.807) is 26.0 Å². The normalized spacial score (nSPS) is 16.1. The fourth-order valence-corrected chi connectivity index (χ4v) is 3.04. The molecule has 0 N–H and O–H groups in total. The van der Waals surface area contributed by atoms with Crippen LogP contribution >= 0.6 is 0 Å². The first-order valence-corrected chi connectivity index (χ1v) is 9.05. The van der Waals surface area contributed by atoms with Crippen molar-refractivity contribution >= 4 is 11.6 Å². The van der Waals surface area contributed by atoms with Crippen molar-refractivity contribution in [1.29, 1.82) is 0 Å². The minimum atomic E-state index is -0.697.